The Labute approximate surface area is 160 Å². The van der Waals surface area contributed by atoms with E-state index in [0.717, 1.165) is 11.3 Å². The number of rotatable bonds is 2. The van der Waals surface area contributed by atoms with Crippen molar-refractivity contribution in [1.82, 2.24) is 4.98 Å². The molecule has 0 spiro atoms. The summed E-state index contributed by atoms with van der Waals surface area (Å²) in [5.41, 5.74) is 5.28. The topological polar surface area (TPSA) is 50.2 Å². The van der Waals surface area contributed by atoms with Crippen LogP contribution in [0.1, 0.15) is 62.0 Å². The normalized spacial score (nSPS) is 17.5. The second-order valence-corrected chi connectivity index (χ2v) is 8.96. The zero-order valence-electron chi connectivity index (χ0n) is 16.3. The molecule has 0 amide bonds. The highest BCUT2D eigenvalue weighted by atomic mass is 16.4. The minimum Gasteiger partial charge on any atom is -0.478 e. The number of carboxylic acid groups (broad SMARTS) is 1. The third-order valence-electron chi connectivity index (χ3n) is 6.12. The molecular weight excluding hydrogens is 334 g/mol. The third-order valence-corrected chi connectivity index (χ3v) is 6.12. The summed E-state index contributed by atoms with van der Waals surface area (Å²) in [5.74, 6) is -0.955. The minimum absolute atomic E-state index is 0.177. The van der Waals surface area contributed by atoms with Gasteiger partial charge in [0.25, 0.3) is 0 Å². The molecule has 1 N–H and O–H groups in total. The monoisotopic (exact) mass is 359 g/mol. The molecule has 2 aromatic carbocycles. The Morgan fingerprint density at radius 3 is 2.07 bits per heavy atom. The molecule has 0 bridgehead atoms. The number of fused-ring (bicyclic) bond motifs is 2. The van der Waals surface area contributed by atoms with Crippen molar-refractivity contribution < 1.29 is 9.90 Å². The SMILES string of the molecule is CC1(C)CCC(C)(C)c2cc3cc(-c4ccc(C(=O)O)cn4)ccc3cc21. The molecule has 0 atom stereocenters. The highest BCUT2D eigenvalue weighted by Crippen LogP contribution is 2.47. The molecular formula is C24H25NO2. The fourth-order valence-corrected chi connectivity index (χ4v) is 4.16. The second-order valence-electron chi connectivity index (χ2n) is 8.96. The number of hydrogen-bond acceptors (Lipinski definition) is 2. The van der Waals surface area contributed by atoms with E-state index in [9.17, 15) is 4.79 Å². The van der Waals surface area contributed by atoms with Crippen LogP contribution < -0.4 is 0 Å². The van der Waals surface area contributed by atoms with E-state index in [0.29, 0.717) is 0 Å². The largest absolute Gasteiger partial charge is 0.478 e. The Balaban J connectivity index is 1.85. The molecule has 3 aromatic rings. The van der Waals surface area contributed by atoms with Gasteiger partial charge in [-0.05, 0) is 63.8 Å². The predicted octanol–water partition coefficient (Wildman–Crippen LogP) is 5.95. The first-order valence-corrected chi connectivity index (χ1v) is 9.46. The standard InChI is InChI=1S/C24H25NO2/c1-23(2)9-10-24(3,4)20-13-18-11-16(6-5-15(18)12-19(20)23)21-8-7-17(14-25-21)22(26)27/h5-8,11-14H,9-10H2,1-4H3,(H,26,27). The van der Waals surface area contributed by atoms with Crippen LogP contribution in [-0.2, 0) is 10.8 Å². The van der Waals surface area contributed by atoms with Crippen molar-refractivity contribution in [2.45, 2.75) is 51.4 Å². The quantitative estimate of drug-likeness (QED) is 0.615. The molecule has 138 valence electrons. The number of nitrogens with zero attached hydrogens (tertiary/aromatic N) is 1. The van der Waals surface area contributed by atoms with Crippen LogP contribution in [-0.4, -0.2) is 16.1 Å². The molecule has 4 rings (SSSR count). The van der Waals surface area contributed by atoms with E-state index >= 15 is 0 Å². The molecule has 0 radical (unpaired) electrons. The first-order valence-electron chi connectivity index (χ1n) is 9.46. The van der Waals surface area contributed by atoms with Gasteiger partial charge >= 0.3 is 5.97 Å². The smallest absolute Gasteiger partial charge is 0.337 e. The number of aromatic nitrogens is 1. The Kier molecular flexibility index (Phi) is 3.88. The van der Waals surface area contributed by atoms with Gasteiger partial charge in [-0.1, -0.05) is 52.0 Å². The van der Waals surface area contributed by atoms with E-state index < -0.39 is 5.97 Å². The molecule has 0 saturated carbocycles. The van der Waals surface area contributed by atoms with E-state index in [2.05, 4.69) is 63.0 Å². The van der Waals surface area contributed by atoms with Crippen molar-refractivity contribution in [3.05, 3.63) is 65.4 Å². The number of hydrogen-bond donors (Lipinski definition) is 1. The maximum atomic E-state index is 11.0. The molecule has 1 aliphatic rings. The van der Waals surface area contributed by atoms with E-state index in [1.807, 2.05) is 0 Å². The van der Waals surface area contributed by atoms with Crippen LogP contribution in [0.4, 0.5) is 0 Å². The summed E-state index contributed by atoms with van der Waals surface area (Å²) < 4.78 is 0. The second kappa shape index (κ2) is 5.91. The van der Waals surface area contributed by atoms with Gasteiger partial charge in [-0.3, -0.25) is 4.98 Å². The van der Waals surface area contributed by atoms with Crippen molar-refractivity contribution in [2.75, 3.05) is 0 Å². The van der Waals surface area contributed by atoms with Crippen LogP contribution in [0.15, 0.2) is 48.7 Å². The maximum Gasteiger partial charge on any atom is 0.337 e. The van der Waals surface area contributed by atoms with E-state index in [-0.39, 0.29) is 16.4 Å². The van der Waals surface area contributed by atoms with E-state index in [1.165, 1.54) is 40.9 Å². The van der Waals surface area contributed by atoms with E-state index in [4.69, 9.17) is 5.11 Å². The van der Waals surface area contributed by atoms with Crippen molar-refractivity contribution in [1.29, 1.82) is 0 Å². The van der Waals surface area contributed by atoms with Crippen molar-refractivity contribution in [3.8, 4) is 11.3 Å². The maximum absolute atomic E-state index is 11.0. The lowest BCUT2D eigenvalue weighted by molar-refractivity contribution is 0.0696. The average Bonchev–Trinajstić information content (AvgIpc) is 2.64. The molecule has 1 heterocycles. The average molecular weight is 359 g/mol. The first kappa shape index (κ1) is 17.7. The Bertz CT molecular complexity index is 1050. The fraction of sp³-hybridized carbons (Fsp3) is 0.333. The molecule has 0 saturated heterocycles. The summed E-state index contributed by atoms with van der Waals surface area (Å²) in [6.45, 7) is 9.36. The number of carbonyl (C=O) groups is 1. The third kappa shape index (κ3) is 3.01. The number of carboxylic acids is 1. The van der Waals surface area contributed by atoms with Crippen LogP contribution >= 0.6 is 0 Å². The number of pyridine rings is 1. The molecule has 3 heteroatoms. The fourth-order valence-electron chi connectivity index (χ4n) is 4.16. The van der Waals surface area contributed by atoms with Crippen LogP contribution in [0.3, 0.4) is 0 Å². The Morgan fingerprint density at radius 1 is 0.889 bits per heavy atom. The highest BCUT2D eigenvalue weighted by Gasteiger charge is 2.37. The molecule has 0 aliphatic heterocycles. The molecule has 27 heavy (non-hydrogen) atoms. The van der Waals surface area contributed by atoms with Gasteiger partial charge in [0.2, 0.25) is 0 Å². The summed E-state index contributed by atoms with van der Waals surface area (Å²) in [7, 11) is 0. The van der Waals surface area contributed by atoms with Gasteiger partial charge in [-0.2, -0.15) is 0 Å². The lowest BCUT2D eigenvalue weighted by Gasteiger charge is -2.42. The summed E-state index contributed by atoms with van der Waals surface area (Å²) in [6, 6.07) is 14.5. The van der Waals surface area contributed by atoms with Gasteiger partial charge in [-0.25, -0.2) is 4.79 Å². The lowest BCUT2D eigenvalue weighted by atomic mass is 9.63. The molecule has 1 aromatic heterocycles. The van der Waals surface area contributed by atoms with Gasteiger partial charge in [-0.15, -0.1) is 0 Å². The summed E-state index contributed by atoms with van der Waals surface area (Å²) in [4.78, 5) is 15.4. The van der Waals surface area contributed by atoms with Crippen molar-refractivity contribution in [3.63, 3.8) is 0 Å². The van der Waals surface area contributed by atoms with Gasteiger partial charge in [0.05, 0.1) is 11.3 Å². The molecule has 0 fully saturated rings. The molecule has 0 unspecified atom stereocenters. The zero-order valence-corrected chi connectivity index (χ0v) is 16.3. The van der Waals surface area contributed by atoms with Crippen LogP contribution in [0.5, 0.6) is 0 Å². The summed E-state index contributed by atoms with van der Waals surface area (Å²) in [6.07, 6.45) is 3.81. The van der Waals surface area contributed by atoms with Gasteiger partial charge in [0.15, 0.2) is 0 Å². The molecule has 3 nitrogen and oxygen atoms in total. The molecule has 1 aliphatic carbocycles. The Morgan fingerprint density at radius 2 is 1.52 bits per heavy atom. The highest BCUT2D eigenvalue weighted by molar-refractivity contribution is 5.90. The van der Waals surface area contributed by atoms with E-state index in [1.54, 1.807) is 12.1 Å². The van der Waals surface area contributed by atoms with Crippen LogP contribution in [0.25, 0.3) is 22.0 Å². The van der Waals surface area contributed by atoms with Gasteiger partial charge in [0, 0.05) is 11.8 Å². The van der Waals surface area contributed by atoms with Crippen LogP contribution in [0, 0.1) is 0 Å². The Hall–Kier alpha value is -2.68. The summed E-state index contributed by atoms with van der Waals surface area (Å²) in [5, 5.41) is 11.5. The lowest BCUT2D eigenvalue weighted by Crippen LogP contribution is -2.33. The predicted molar refractivity (Wildman–Crippen MR) is 109 cm³/mol. The summed E-state index contributed by atoms with van der Waals surface area (Å²) >= 11 is 0. The zero-order chi connectivity index (χ0) is 19.4. The van der Waals surface area contributed by atoms with Gasteiger partial charge < -0.3 is 5.11 Å². The van der Waals surface area contributed by atoms with Crippen LogP contribution in [0.2, 0.25) is 0 Å². The van der Waals surface area contributed by atoms with Gasteiger partial charge in [0.1, 0.15) is 0 Å². The number of aromatic carboxylic acids is 1. The minimum atomic E-state index is -0.955. The first-order chi connectivity index (χ1) is 12.7. The number of benzene rings is 2. The van der Waals surface area contributed by atoms with Crippen molar-refractivity contribution >= 4 is 16.7 Å². The van der Waals surface area contributed by atoms with Crippen molar-refractivity contribution in [2.24, 2.45) is 0 Å².